The van der Waals surface area contributed by atoms with Crippen molar-refractivity contribution in [3.8, 4) is 28.7 Å². The van der Waals surface area contributed by atoms with Gasteiger partial charge >= 0.3 is 0 Å². The molecular formula is C19H20O6. The van der Waals surface area contributed by atoms with E-state index in [-0.39, 0.29) is 11.5 Å². The summed E-state index contributed by atoms with van der Waals surface area (Å²) < 4.78 is 21.0. The topological polar surface area (TPSA) is 74.2 Å². The van der Waals surface area contributed by atoms with E-state index in [0.29, 0.717) is 34.1 Å². The quantitative estimate of drug-likeness (QED) is 0.613. The summed E-state index contributed by atoms with van der Waals surface area (Å²) in [4.78, 5) is 12.7. The summed E-state index contributed by atoms with van der Waals surface area (Å²) in [5.41, 5.74) is 0.944. The molecule has 0 bridgehead atoms. The van der Waals surface area contributed by atoms with Crippen LogP contribution in [0.25, 0.3) is 6.08 Å². The number of hydrogen-bond donors (Lipinski definition) is 1. The van der Waals surface area contributed by atoms with Crippen LogP contribution in [-0.2, 0) is 0 Å². The summed E-state index contributed by atoms with van der Waals surface area (Å²) in [5.74, 6) is 1.46. The predicted molar refractivity (Wildman–Crippen MR) is 94.1 cm³/mol. The second kappa shape index (κ2) is 8.10. The van der Waals surface area contributed by atoms with Gasteiger partial charge in [0.05, 0.1) is 28.4 Å². The van der Waals surface area contributed by atoms with Crippen molar-refractivity contribution in [3.63, 3.8) is 0 Å². The van der Waals surface area contributed by atoms with E-state index in [1.165, 1.54) is 46.6 Å². The standard InChI is InChI=1S/C19H20O6/c1-22-14-10-17(24-3)19(18(11-14)25-4)15(21)8-6-12-5-7-13(20)9-16(12)23-2/h5-11,20H,1-4H3. The van der Waals surface area contributed by atoms with Gasteiger partial charge in [-0.1, -0.05) is 0 Å². The molecule has 0 unspecified atom stereocenters. The average Bonchev–Trinajstić information content (AvgIpc) is 2.65. The van der Waals surface area contributed by atoms with E-state index < -0.39 is 0 Å². The number of phenolic OH excluding ortho intramolecular Hbond substituents is 1. The van der Waals surface area contributed by atoms with Gasteiger partial charge in [0.2, 0.25) is 0 Å². The summed E-state index contributed by atoms with van der Waals surface area (Å²) in [6.07, 6.45) is 2.99. The van der Waals surface area contributed by atoms with Crippen LogP contribution in [0.4, 0.5) is 0 Å². The summed E-state index contributed by atoms with van der Waals surface area (Å²) in [6.45, 7) is 0. The van der Waals surface area contributed by atoms with Gasteiger partial charge < -0.3 is 24.1 Å². The van der Waals surface area contributed by atoms with Gasteiger partial charge in [-0.2, -0.15) is 0 Å². The minimum absolute atomic E-state index is 0.0822. The summed E-state index contributed by atoms with van der Waals surface area (Å²) in [5, 5.41) is 9.49. The van der Waals surface area contributed by atoms with Crippen LogP contribution < -0.4 is 18.9 Å². The number of carbonyl (C=O) groups is 1. The lowest BCUT2D eigenvalue weighted by molar-refractivity contribution is 0.104. The number of allylic oxidation sites excluding steroid dienone is 1. The Labute approximate surface area is 146 Å². The molecule has 0 spiro atoms. The number of methoxy groups -OCH3 is 4. The number of carbonyl (C=O) groups excluding carboxylic acids is 1. The Kier molecular flexibility index (Phi) is 5.89. The minimum atomic E-state index is -0.300. The first-order valence-electron chi connectivity index (χ1n) is 7.43. The van der Waals surface area contributed by atoms with E-state index in [1.54, 1.807) is 24.3 Å². The van der Waals surface area contributed by atoms with Crippen molar-refractivity contribution in [1.29, 1.82) is 0 Å². The zero-order chi connectivity index (χ0) is 18.4. The Balaban J connectivity index is 2.41. The molecule has 2 aromatic carbocycles. The molecule has 2 aromatic rings. The molecule has 0 aromatic heterocycles. The number of aromatic hydroxyl groups is 1. The number of benzene rings is 2. The van der Waals surface area contributed by atoms with Crippen LogP contribution in [0.3, 0.4) is 0 Å². The Bertz CT molecular complexity index is 769. The average molecular weight is 344 g/mol. The second-order valence-electron chi connectivity index (χ2n) is 5.03. The van der Waals surface area contributed by atoms with E-state index in [0.717, 1.165) is 0 Å². The highest BCUT2D eigenvalue weighted by molar-refractivity contribution is 6.10. The minimum Gasteiger partial charge on any atom is -0.508 e. The second-order valence-corrected chi connectivity index (χ2v) is 5.03. The number of hydrogen-bond acceptors (Lipinski definition) is 6. The molecule has 0 aliphatic rings. The van der Waals surface area contributed by atoms with Crippen molar-refractivity contribution in [3.05, 3.63) is 47.5 Å². The van der Waals surface area contributed by atoms with E-state index in [4.69, 9.17) is 18.9 Å². The molecule has 2 rings (SSSR count). The van der Waals surface area contributed by atoms with Crippen molar-refractivity contribution in [2.24, 2.45) is 0 Å². The zero-order valence-corrected chi connectivity index (χ0v) is 14.5. The van der Waals surface area contributed by atoms with E-state index in [1.807, 2.05) is 0 Å². The largest absolute Gasteiger partial charge is 0.508 e. The molecule has 0 saturated heterocycles. The Morgan fingerprint density at radius 2 is 1.48 bits per heavy atom. The molecule has 0 heterocycles. The molecule has 0 aliphatic heterocycles. The van der Waals surface area contributed by atoms with Crippen LogP contribution in [0.2, 0.25) is 0 Å². The molecule has 1 N–H and O–H groups in total. The highest BCUT2D eigenvalue weighted by Crippen LogP contribution is 2.35. The van der Waals surface area contributed by atoms with Crippen LogP contribution in [0.15, 0.2) is 36.4 Å². The fourth-order valence-electron chi connectivity index (χ4n) is 2.33. The van der Waals surface area contributed by atoms with Gasteiger partial charge in [-0.15, -0.1) is 0 Å². The molecule has 0 aliphatic carbocycles. The molecule has 0 atom stereocenters. The van der Waals surface area contributed by atoms with Gasteiger partial charge in [0, 0.05) is 23.8 Å². The van der Waals surface area contributed by atoms with Gasteiger partial charge in [0.25, 0.3) is 0 Å². The maximum atomic E-state index is 12.7. The first-order chi connectivity index (χ1) is 12.0. The number of ketones is 1. The SMILES string of the molecule is COc1cc(OC)c(C(=O)C=Cc2ccc(O)cc2OC)c(OC)c1. The molecule has 0 saturated carbocycles. The van der Waals surface area contributed by atoms with E-state index in [9.17, 15) is 9.90 Å². The molecule has 0 radical (unpaired) electrons. The third-order valence-electron chi connectivity index (χ3n) is 3.59. The van der Waals surface area contributed by atoms with Crippen molar-refractivity contribution >= 4 is 11.9 Å². The van der Waals surface area contributed by atoms with Crippen molar-refractivity contribution in [2.75, 3.05) is 28.4 Å². The molecule has 132 valence electrons. The van der Waals surface area contributed by atoms with Gasteiger partial charge in [-0.25, -0.2) is 0 Å². The summed E-state index contributed by atoms with van der Waals surface area (Å²) in [6, 6.07) is 7.87. The summed E-state index contributed by atoms with van der Waals surface area (Å²) in [7, 11) is 5.95. The van der Waals surface area contributed by atoms with Crippen LogP contribution in [0.5, 0.6) is 28.7 Å². The number of phenols is 1. The Morgan fingerprint density at radius 3 is 2.00 bits per heavy atom. The Hall–Kier alpha value is -3.15. The van der Waals surface area contributed by atoms with Crippen LogP contribution in [-0.4, -0.2) is 39.3 Å². The Morgan fingerprint density at radius 1 is 0.880 bits per heavy atom. The molecule has 6 heteroatoms. The molecule has 0 amide bonds. The number of ether oxygens (including phenoxy) is 4. The predicted octanol–water partition coefficient (Wildman–Crippen LogP) is 3.32. The third kappa shape index (κ3) is 4.03. The molecular weight excluding hydrogens is 324 g/mol. The molecule has 25 heavy (non-hydrogen) atoms. The number of rotatable bonds is 7. The van der Waals surface area contributed by atoms with Gasteiger partial charge in [0.1, 0.15) is 34.3 Å². The van der Waals surface area contributed by atoms with E-state index in [2.05, 4.69) is 0 Å². The van der Waals surface area contributed by atoms with Crippen molar-refractivity contribution < 1.29 is 28.8 Å². The van der Waals surface area contributed by atoms with Crippen LogP contribution in [0, 0.1) is 0 Å². The third-order valence-corrected chi connectivity index (χ3v) is 3.59. The summed E-state index contributed by atoms with van der Waals surface area (Å²) >= 11 is 0. The smallest absolute Gasteiger partial charge is 0.193 e. The van der Waals surface area contributed by atoms with Gasteiger partial charge in [-0.05, 0) is 24.3 Å². The fourth-order valence-corrected chi connectivity index (χ4v) is 2.33. The fraction of sp³-hybridized carbons (Fsp3) is 0.211. The van der Waals surface area contributed by atoms with E-state index >= 15 is 0 Å². The van der Waals surface area contributed by atoms with Crippen molar-refractivity contribution in [2.45, 2.75) is 0 Å². The normalized spacial score (nSPS) is 10.6. The van der Waals surface area contributed by atoms with Crippen LogP contribution >= 0.6 is 0 Å². The zero-order valence-electron chi connectivity index (χ0n) is 14.5. The monoisotopic (exact) mass is 344 g/mol. The van der Waals surface area contributed by atoms with Gasteiger partial charge in [0.15, 0.2) is 5.78 Å². The highest BCUT2D eigenvalue weighted by atomic mass is 16.5. The van der Waals surface area contributed by atoms with Crippen molar-refractivity contribution in [1.82, 2.24) is 0 Å². The lowest BCUT2D eigenvalue weighted by Gasteiger charge is -2.13. The maximum Gasteiger partial charge on any atom is 0.193 e. The highest BCUT2D eigenvalue weighted by Gasteiger charge is 2.18. The lowest BCUT2D eigenvalue weighted by atomic mass is 10.1. The molecule has 0 fully saturated rings. The first-order valence-corrected chi connectivity index (χ1v) is 7.43. The van der Waals surface area contributed by atoms with Crippen LogP contribution in [0.1, 0.15) is 15.9 Å². The first kappa shape index (κ1) is 18.2. The lowest BCUT2D eigenvalue weighted by Crippen LogP contribution is -2.03. The van der Waals surface area contributed by atoms with Gasteiger partial charge in [-0.3, -0.25) is 4.79 Å². The molecule has 6 nitrogen and oxygen atoms in total. The maximum absolute atomic E-state index is 12.7.